The number of hydrogen-bond acceptors (Lipinski definition) is 5. The Balaban J connectivity index is 1.52. The molecule has 1 fully saturated rings. The first-order valence-corrected chi connectivity index (χ1v) is 11.5. The van der Waals surface area contributed by atoms with Gasteiger partial charge in [0, 0.05) is 30.6 Å². The largest absolute Gasteiger partial charge is 0.497 e. The van der Waals surface area contributed by atoms with Crippen LogP contribution in [0.4, 0.5) is 4.39 Å². The van der Waals surface area contributed by atoms with Crippen molar-refractivity contribution in [2.75, 3.05) is 26.7 Å². The fraction of sp³-hybridized carbons (Fsp3) is 0.280. The summed E-state index contributed by atoms with van der Waals surface area (Å²) in [5.41, 5.74) is 1.92. The quantitative estimate of drug-likeness (QED) is 0.527. The third-order valence-electron chi connectivity index (χ3n) is 5.55. The molecule has 0 N–H and O–H groups in total. The summed E-state index contributed by atoms with van der Waals surface area (Å²) in [6, 6.07) is 15.7. The molecule has 0 bridgehead atoms. The van der Waals surface area contributed by atoms with Gasteiger partial charge in [-0.25, -0.2) is 4.39 Å². The van der Waals surface area contributed by atoms with E-state index >= 15 is 0 Å². The Hall–Kier alpha value is -3.23. The molecule has 0 saturated carbocycles. The summed E-state index contributed by atoms with van der Waals surface area (Å²) < 4.78 is 25.3. The van der Waals surface area contributed by atoms with Crippen molar-refractivity contribution in [2.24, 2.45) is 0 Å². The first-order valence-electron chi connectivity index (χ1n) is 10.6. The summed E-state index contributed by atoms with van der Waals surface area (Å²) in [5.74, 6) is 0.0184. The van der Waals surface area contributed by atoms with Crippen LogP contribution in [0.15, 0.2) is 65.4 Å². The number of ether oxygens (including phenoxy) is 2. The van der Waals surface area contributed by atoms with E-state index in [0.29, 0.717) is 24.2 Å². The Morgan fingerprint density at radius 2 is 1.91 bits per heavy atom. The van der Waals surface area contributed by atoms with Crippen LogP contribution in [0.3, 0.4) is 0 Å². The van der Waals surface area contributed by atoms with Crippen molar-refractivity contribution >= 4 is 23.2 Å². The number of methoxy groups -OCH3 is 1. The van der Waals surface area contributed by atoms with Gasteiger partial charge in [0.2, 0.25) is 5.91 Å². The van der Waals surface area contributed by atoms with Crippen LogP contribution in [-0.2, 0) is 22.7 Å². The lowest BCUT2D eigenvalue weighted by atomic mass is 10.2. The van der Waals surface area contributed by atoms with E-state index in [1.165, 1.54) is 22.3 Å². The molecule has 1 saturated heterocycles. The maximum Gasteiger partial charge on any atom is 0.255 e. The molecular weight excluding hydrogens is 443 g/mol. The van der Waals surface area contributed by atoms with Crippen LogP contribution in [-0.4, -0.2) is 54.5 Å². The van der Waals surface area contributed by atoms with Crippen molar-refractivity contribution in [1.82, 2.24) is 9.80 Å². The topological polar surface area (TPSA) is 59.1 Å². The number of thiophene rings is 1. The van der Waals surface area contributed by atoms with Gasteiger partial charge in [-0.05, 0) is 35.2 Å². The molecule has 172 valence electrons. The van der Waals surface area contributed by atoms with Crippen LogP contribution < -0.4 is 4.74 Å². The maximum absolute atomic E-state index is 14.1. The molecule has 0 radical (unpaired) electrons. The third-order valence-corrected chi connectivity index (χ3v) is 6.23. The van der Waals surface area contributed by atoms with Gasteiger partial charge >= 0.3 is 0 Å². The predicted octanol–water partition coefficient (Wildman–Crippen LogP) is 3.97. The number of nitrogens with zero attached hydrogens (tertiary/aromatic N) is 2. The van der Waals surface area contributed by atoms with Crippen molar-refractivity contribution < 1.29 is 23.5 Å². The number of amides is 2. The molecule has 2 aromatic carbocycles. The molecule has 3 aromatic rings. The predicted molar refractivity (Wildman–Crippen MR) is 124 cm³/mol. The molecule has 8 heteroatoms. The number of carbonyl (C=O) groups is 2. The van der Waals surface area contributed by atoms with Gasteiger partial charge < -0.3 is 19.3 Å². The van der Waals surface area contributed by atoms with Gasteiger partial charge in [0.1, 0.15) is 18.1 Å². The molecule has 2 amide bonds. The van der Waals surface area contributed by atoms with Gasteiger partial charge in [-0.1, -0.05) is 30.3 Å². The van der Waals surface area contributed by atoms with E-state index in [1.54, 1.807) is 41.7 Å². The first kappa shape index (κ1) is 22.9. The fourth-order valence-electron chi connectivity index (χ4n) is 3.73. The molecule has 0 aliphatic carbocycles. The van der Waals surface area contributed by atoms with Gasteiger partial charge in [-0.2, -0.15) is 11.3 Å². The monoisotopic (exact) mass is 468 g/mol. The molecule has 0 spiro atoms. The summed E-state index contributed by atoms with van der Waals surface area (Å²) >= 11 is 1.43. The van der Waals surface area contributed by atoms with Crippen molar-refractivity contribution in [2.45, 2.75) is 19.3 Å². The highest BCUT2D eigenvalue weighted by molar-refractivity contribution is 7.08. The molecule has 33 heavy (non-hydrogen) atoms. The highest BCUT2D eigenvalue weighted by Crippen LogP contribution is 2.19. The second kappa shape index (κ2) is 10.6. The van der Waals surface area contributed by atoms with Crippen molar-refractivity contribution in [1.29, 1.82) is 0 Å². The second-order valence-electron chi connectivity index (χ2n) is 7.84. The summed E-state index contributed by atoms with van der Waals surface area (Å²) in [6.07, 6.45) is -0.461. The summed E-state index contributed by atoms with van der Waals surface area (Å²) in [7, 11) is 1.60. The maximum atomic E-state index is 14.1. The smallest absolute Gasteiger partial charge is 0.255 e. The van der Waals surface area contributed by atoms with E-state index in [4.69, 9.17) is 9.47 Å². The van der Waals surface area contributed by atoms with Crippen molar-refractivity contribution in [3.05, 3.63) is 87.9 Å². The van der Waals surface area contributed by atoms with Crippen LogP contribution in [0.25, 0.3) is 0 Å². The minimum Gasteiger partial charge on any atom is -0.497 e. The highest BCUT2D eigenvalue weighted by Gasteiger charge is 2.31. The first-order chi connectivity index (χ1) is 16.0. The molecular formula is C25H25FN2O4S. The van der Waals surface area contributed by atoms with Gasteiger partial charge in [-0.15, -0.1) is 0 Å². The van der Waals surface area contributed by atoms with Crippen molar-refractivity contribution in [3.8, 4) is 5.75 Å². The van der Waals surface area contributed by atoms with Crippen LogP contribution >= 0.6 is 11.3 Å². The molecule has 1 atom stereocenters. The van der Waals surface area contributed by atoms with E-state index in [0.717, 1.165) is 11.3 Å². The average molecular weight is 469 g/mol. The number of halogens is 1. The Bertz CT molecular complexity index is 1090. The lowest BCUT2D eigenvalue weighted by Crippen LogP contribution is -2.39. The molecule has 1 aliphatic heterocycles. The Labute approximate surface area is 196 Å². The van der Waals surface area contributed by atoms with E-state index in [1.807, 2.05) is 29.6 Å². The molecule has 1 aromatic heterocycles. The summed E-state index contributed by atoms with van der Waals surface area (Å²) in [4.78, 5) is 29.3. The lowest BCUT2D eigenvalue weighted by molar-refractivity contribution is -0.132. The van der Waals surface area contributed by atoms with Gasteiger partial charge in [-0.3, -0.25) is 9.59 Å². The van der Waals surface area contributed by atoms with Gasteiger partial charge in [0.05, 0.1) is 25.4 Å². The Morgan fingerprint density at radius 1 is 1.12 bits per heavy atom. The highest BCUT2D eigenvalue weighted by atomic mass is 32.1. The minimum absolute atomic E-state index is 0.0373. The molecule has 1 aliphatic rings. The third kappa shape index (κ3) is 5.77. The standard InChI is InChI=1S/C25H25FN2O4S/c1-31-21-8-6-18(7-9-21)12-27-13-22(32-16-19-4-2-3-5-23(19)26)14-28(15-24(27)29)25(30)20-10-11-33-17-20/h2-11,17,22H,12-16H2,1H3/t22-/m1/s1. The molecule has 4 rings (SSSR count). The zero-order chi connectivity index (χ0) is 23.2. The molecule has 6 nitrogen and oxygen atoms in total. The lowest BCUT2D eigenvalue weighted by Gasteiger charge is -2.25. The van der Waals surface area contributed by atoms with E-state index in [-0.39, 0.29) is 37.3 Å². The number of hydrogen-bond donors (Lipinski definition) is 0. The second-order valence-corrected chi connectivity index (χ2v) is 8.62. The Morgan fingerprint density at radius 3 is 2.61 bits per heavy atom. The van der Waals surface area contributed by atoms with Gasteiger partial charge in [0.25, 0.3) is 5.91 Å². The minimum atomic E-state index is -0.461. The zero-order valence-corrected chi connectivity index (χ0v) is 19.1. The SMILES string of the molecule is COc1ccc(CN2C[C@@H](OCc3ccccc3F)CN(C(=O)c3ccsc3)CC2=O)cc1. The normalized spacial score (nSPS) is 16.5. The number of benzene rings is 2. The molecule has 0 unspecified atom stereocenters. The Kier molecular flexibility index (Phi) is 7.36. The van der Waals surface area contributed by atoms with Crippen LogP contribution in [0.2, 0.25) is 0 Å². The average Bonchev–Trinajstić information content (AvgIpc) is 3.32. The van der Waals surface area contributed by atoms with E-state index in [9.17, 15) is 14.0 Å². The summed E-state index contributed by atoms with van der Waals surface area (Å²) in [5, 5.41) is 3.59. The summed E-state index contributed by atoms with van der Waals surface area (Å²) in [6.45, 7) is 0.941. The number of carbonyl (C=O) groups excluding carboxylic acids is 2. The number of rotatable bonds is 7. The van der Waals surface area contributed by atoms with Crippen LogP contribution in [0.1, 0.15) is 21.5 Å². The fourth-order valence-corrected chi connectivity index (χ4v) is 4.36. The van der Waals surface area contributed by atoms with Crippen LogP contribution in [0.5, 0.6) is 5.75 Å². The van der Waals surface area contributed by atoms with Crippen molar-refractivity contribution in [3.63, 3.8) is 0 Å². The van der Waals surface area contributed by atoms with E-state index in [2.05, 4.69) is 0 Å². The van der Waals surface area contributed by atoms with Crippen LogP contribution in [0, 0.1) is 5.82 Å². The zero-order valence-electron chi connectivity index (χ0n) is 18.3. The van der Waals surface area contributed by atoms with E-state index < -0.39 is 6.10 Å². The molecule has 2 heterocycles. The van der Waals surface area contributed by atoms with Gasteiger partial charge in [0.15, 0.2) is 0 Å².